The Morgan fingerprint density at radius 1 is 1.25 bits per heavy atom. The van der Waals surface area contributed by atoms with Gasteiger partial charge in [-0.25, -0.2) is 0 Å². The van der Waals surface area contributed by atoms with Crippen LogP contribution in [0.5, 0.6) is 0 Å². The van der Waals surface area contributed by atoms with E-state index in [1.807, 2.05) is 19.1 Å². The topological polar surface area (TPSA) is 55.1 Å². The minimum Gasteiger partial charge on any atom is -0.330 e. The number of hydrogen-bond donors (Lipinski definition) is 2. The summed E-state index contributed by atoms with van der Waals surface area (Å²) in [5.74, 6) is 0.820. The summed E-state index contributed by atoms with van der Waals surface area (Å²) in [6.45, 7) is 2.76. The predicted octanol–water partition coefficient (Wildman–Crippen LogP) is 4.22. The highest BCUT2D eigenvalue weighted by molar-refractivity contribution is 9.11. The number of aryl methyl sites for hydroxylation is 1. The fourth-order valence-corrected chi connectivity index (χ4v) is 4.32. The molecule has 1 saturated carbocycles. The Morgan fingerprint density at radius 3 is 2.30 bits per heavy atom. The molecular weight excluding hydrogens is 384 g/mol. The highest BCUT2D eigenvalue weighted by Gasteiger charge is 2.26. The molecule has 0 spiro atoms. The van der Waals surface area contributed by atoms with E-state index in [4.69, 9.17) is 5.73 Å². The number of carbonyl (C=O) groups excluding carboxylic acids is 1. The smallest absolute Gasteiger partial charge is 0.227 e. The molecule has 0 radical (unpaired) electrons. The molecule has 0 aliphatic heterocycles. The third kappa shape index (κ3) is 3.83. The molecule has 1 aliphatic rings. The third-order valence-electron chi connectivity index (χ3n) is 3.99. The van der Waals surface area contributed by atoms with Gasteiger partial charge in [0.05, 0.1) is 5.69 Å². The van der Waals surface area contributed by atoms with Crippen LogP contribution in [0.2, 0.25) is 0 Å². The van der Waals surface area contributed by atoms with Gasteiger partial charge in [0.1, 0.15) is 0 Å². The first-order valence-corrected chi connectivity index (χ1v) is 8.56. The molecule has 0 bridgehead atoms. The number of amides is 1. The number of halogens is 2. The standard InChI is InChI=1S/C15H20Br2N2O/c1-9-6-12(16)14(13(17)7-9)19-15(20)11-4-2-10(8-18)3-5-11/h6-7,10-11H,2-5,8,18H2,1H3,(H,19,20). The van der Waals surface area contributed by atoms with Gasteiger partial charge in [-0.1, -0.05) is 0 Å². The van der Waals surface area contributed by atoms with Crippen LogP contribution in [0.25, 0.3) is 0 Å². The molecule has 1 fully saturated rings. The average molecular weight is 404 g/mol. The molecule has 1 amide bonds. The van der Waals surface area contributed by atoms with Gasteiger partial charge in [0.15, 0.2) is 0 Å². The van der Waals surface area contributed by atoms with Gasteiger partial charge >= 0.3 is 0 Å². The molecule has 1 aromatic rings. The zero-order valence-electron chi connectivity index (χ0n) is 11.6. The lowest BCUT2D eigenvalue weighted by Crippen LogP contribution is -2.29. The summed E-state index contributed by atoms with van der Waals surface area (Å²) in [5.41, 5.74) is 7.65. The number of nitrogens with two attached hydrogens (primary N) is 1. The monoisotopic (exact) mass is 402 g/mol. The normalized spacial score (nSPS) is 22.6. The quantitative estimate of drug-likeness (QED) is 0.793. The van der Waals surface area contributed by atoms with Crippen LogP contribution in [0.4, 0.5) is 5.69 Å². The maximum absolute atomic E-state index is 12.4. The molecule has 20 heavy (non-hydrogen) atoms. The van der Waals surface area contributed by atoms with E-state index in [1.54, 1.807) is 0 Å². The second-order valence-corrected chi connectivity index (χ2v) is 7.25. The third-order valence-corrected chi connectivity index (χ3v) is 5.24. The van der Waals surface area contributed by atoms with Gasteiger partial charge < -0.3 is 11.1 Å². The molecule has 0 aromatic heterocycles. The zero-order valence-corrected chi connectivity index (χ0v) is 14.8. The number of carbonyl (C=O) groups is 1. The first-order chi connectivity index (χ1) is 9.51. The van der Waals surface area contributed by atoms with Crippen molar-refractivity contribution in [2.45, 2.75) is 32.6 Å². The number of hydrogen-bond acceptors (Lipinski definition) is 2. The zero-order chi connectivity index (χ0) is 14.7. The molecule has 5 heteroatoms. The molecule has 3 N–H and O–H groups in total. The van der Waals surface area contributed by atoms with Gasteiger partial charge in [0, 0.05) is 14.9 Å². The first-order valence-electron chi connectivity index (χ1n) is 6.97. The Balaban J connectivity index is 2.02. The molecule has 3 nitrogen and oxygen atoms in total. The SMILES string of the molecule is Cc1cc(Br)c(NC(=O)C2CCC(CN)CC2)c(Br)c1. The van der Waals surface area contributed by atoms with Crippen LogP contribution in [0.15, 0.2) is 21.1 Å². The Kier molecular flexibility index (Phi) is 5.64. The van der Waals surface area contributed by atoms with Crippen molar-refractivity contribution in [3.05, 3.63) is 26.6 Å². The van der Waals surface area contributed by atoms with Crippen LogP contribution in [0.1, 0.15) is 31.2 Å². The fourth-order valence-electron chi connectivity index (χ4n) is 2.70. The van der Waals surface area contributed by atoms with Gasteiger partial charge in [0.2, 0.25) is 5.91 Å². The highest BCUT2D eigenvalue weighted by Crippen LogP contribution is 2.34. The Morgan fingerprint density at radius 2 is 1.80 bits per heavy atom. The van der Waals surface area contributed by atoms with Crippen molar-refractivity contribution in [2.24, 2.45) is 17.6 Å². The molecule has 1 aromatic carbocycles. The van der Waals surface area contributed by atoms with E-state index < -0.39 is 0 Å². The lowest BCUT2D eigenvalue weighted by atomic mass is 9.81. The maximum Gasteiger partial charge on any atom is 0.227 e. The van der Waals surface area contributed by atoms with E-state index in [0.29, 0.717) is 5.92 Å². The number of nitrogens with one attached hydrogen (secondary N) is 1. The van der Waals surface area contributed by atoms with Crippen LogP contribution in [-0.4, -0.2) is 12.5 Å². The fraction of sp³-hybridized carbons (Fsp3) is 0.533. The summed E-state index contributed by atoms with van der Waals surface area (Å²) < 4.78 is 1.82. The summed E-state index contributed by atoms with van der Waals surface area (Å²) in [7, 11) is 0. The van der Waals surface area contributed by atoms with Crippen molar-refractivity contribution in [3.8, 4) is 0 Å². The minimum atomic E-state index is 0.109. The average Bonchev–Trinajstić information content (AvgIpc) is 2.42. The Labute approximate surface area is 136 Å². The Hall–Kier alpha value is -0.390. The van der Waals surface area contributed by atoms with Crippen molar-refractivity contribution in [1.82, 2.24) is 0 Å². The van der Waals surface area contributed by atoms with Crippen molar-refractivity contribution in [1.29, 1.82) is 0 Å². The molecular formula is C15H20Br2N2O. The minimum absolute atomic E-state index is 0.109. The molecule has 2 rings (SSSR count). The number of rotatable bonds is 3. The van der Waals surface area contributed by atoms with E-state index in [0.717, 1.165) is 52.4 Å². The molecule has 1 aliphatic carbocycles. The number of anilines is 1. The van der Waals surface area contributed by atoms with Crippen LogP contribution in [0.3, 0.4) is 0 Å². The largest absolute Gasteiger partial charge is 0.330 e. The van der Waals surface area contributed by atoms with Crippen molar-refractivity contribution < 1.29 is 4.79 Å². The summed E-state index contributed by atoms with van der Waals surface area (Å²) in [6, 6.07) is 4.01. The van der Waals surface area contributed by atoms with Crippen LogP contribution in [0, 0.1) is 18.8 Å². The second-order valence-electron chi connectivity index (χ2n) is 5.55. The molecule has 0 unspecified atom stereocenters. The Bertz CT molecular complexity index is 474. The molecule has 110 valence electrons. The summed E-state index contributed by atoms with van der Waals surface area (Å²) >= 11 is 7.02. The molecule has 0 atom stereocenters. The first kappa shape index (κ1) is 16.0. The van der Waals surface area contributed by atoms with Gasteiger partial charge in [-0.2, -0.15) is 0 Å². The second kappa shape index (κ2) is 7.05. The van der Waals surface area contributed by atoms with E-state index in [2.05, 4.69) is 37.2 Å². The van der Waals surface area contributed by atoms with Crippen LogP contribution in [-0.2, 0) is 4.79 Å². The highest BCUT2D eigenvalue weighted by atomic mass is 79.9. The van der Waals surface area contributed by atoms with E-state index >= 15 is 0 Å². The lowest BCUT2D eigenvalue weighted by molar-refractivity contribution is -0.121. The summed E-state index contributed by atoms with van der Waals surface area (Å²) in [5, 5.41) is 3.04. The van der Waals surface area contributed by atoms with Gasteiger partial charge in [-0.15, -0.1) is 0 Å². The lowest BCUT2D eigenvalue weighted by Gasteiger charge is -2.27. The van der Waals surface area contributed by atoms with Gasteiger partial charge in [0.25, 0.3) is 0 Å². The maximum atomic E-state index is 12.4. The van der Waals surface area contributed by atoms with Crippen molar-refractivity contribution in [2.75, 3.05) is 11.9 Å². The van der Waals surface area contributed by atoms with Crippen molar-refractivity contribution in [3.63, 3.8) is 0 Å². The van der Waals surface area contributed by atoms with Gasteiger partial charge in [-0.05, 0) is 94.6 Å². The van der Waals surface area contributed by atoms with E-state index in [9.17, 15) is 4.79 Å². The summed E-state index contributed by atoms with van der Waals surface area (Å²) in [4.78, 5) is 12.4. The van der Waals surface area contributed by atoms with Crippen LogP contribution < -0.4 is 11.1 Å². The number of benzene rings is 1. The van der Waals surface area contributed by atoms with E-state index in [-0.39, 0.29) is 11.8 Å². The molecule has 0 heterocycles. The van der Waals surface area contributed by atoms with Crippen molar-refractivity contribution >= 4 is 43.5 Å². The summed E-state index contributed by atoms with van der Waals surface area (Å²) in [6.07, 6.45) is 4.00. The van der Waals surface area contributed by atoms with Crippen LogP contribution >= 0.6 is 31.9 Å². The van der Waals surface area contributed by atoms with Gasteiger partial charge in [-0.3, -0.25) is 4.79 Å². The van der Waals surface area contributed by atoms with E-state index in [1.165, 1.54) is 0 Å². The predicted molar refractivity (Wildman–Crippen MR) is 89.7 cm³/mol. The molecule has 0 saturated heterocycles.